The summed E-state index contributed by atoms with van der Waals surface area (Å²) in [5.74, 6) is -0.0659. The van der Waals surface area contributed by atoms with E-state index in [1.165, 1.54) is 7.11 Å². The van der Waals surface area contributed by atoms with E-state index in [-0.39, 0.29) is 25.4 Å². The number of anilines is 1. The first kappa shape index (κ1) is 16.3. The maximum atomic E-state index is 12.1. The molecule has 0 radical (unpaired) electrons. The molecule has 1 aromatic carbocycles. The summed E-state index contributed by atoms with van der Waals surface area (Å²) in [5.41, 5.74) is 0.610. The standard InChI is InChI=1S/C15H20N2O5/c1-21-12-5-3-4-10(6-12)16-14(19)9-17-8-11(18)7-13(17)15(20)22-2/h3-6,11,13,18H,7-9H2,1-2H3,(H,16,19)/t11-,13+/m1/s1. The van der Waals surface area contributed by atoms with Crippen LogP contribution in [0.4, 0.5) is 5.69 Å². The summed E-state index contributed by atoms with van der Waals surface area (Å²) in [7, 11) is 2.84. The fraction of sp³-hybridized carbons (Fsp3) is 0.467. The lowest BCUT2D eigenvalue weighted by atomic mass is 10.2. The predicted molar refractivity (Wildman–Crippen MR) is 79.6 cm³/mol. The number of benzene rings is 1. The molecule has 1 amide bonds. The number of methoxy groups -OCH3 is 2. The van der Waals surface area contributed by atoms with Gasteiger partial charge in [-0.2, -0.15) is 0 Å². The van der Waals surface area contributed by atoms with Crippen LogP contribution in [0.3, 0.4) is 0 Å². The van der Waals surface area contributed by atoms with Crippen LogP contribution in [0, 0.1) is 0 Å². The Hall–Kier alpha value is -2.12. The second kappa shape index (κ2) is 7.24. The minimum atomic E-state index is -0.631. The van der Waals surface area contributed by atoms with Gasteiger partial charge in [-0.25, -0.2) is 0 Å². The normalized spacial score (nSPS) is 21.4. The minimum absolute atomic E-state index is 0.00797. The van der Waals surface area contributed by atoms with Gasteiger partial charge in [-0.05, 0) is 12.1 Å². The van der Waals surface area contributed by atoms with E-state index in [1.807, 2.05) is 0 Å². The highest BCUT2D eigenvalue weighted by Gasteiger charge is 2.37. The Bertz CT molecular complexity index is 548. The molecule has 22 heavy (non-hydrogen) atoms. The number of rotatable bonds is 5. The number of nitrogens with zero attached hydrogens (tertiary/aromatic N) is 1. The largest absolute Gasteiger partial charge is 0.497 e. The molecule has 0 spiro atoms. The Balaban J connectivity index is 1.97. The van der Waals surface area contributed by atoms with Crippen LogP contribution in [-0.2, 0) is 14.3 Å². The lowest BCUT2D eigenvalue weighted by Gasteiger charge is -2.21. The number of β-amino-alcohol motifs (C(OH)–C–C–N with tert-alkyl or cyclic N) is 1. The summed E-state index contributed by atoms with van der Waals surface area (Å²) in [6.45, 7) is 0.277. The van der Waals surface area contributed by atoms with Crippen LogP contribution in [0.5, 0.6) is 5.75 Å². The first-order valence-electron chi connectivity index (χ1n) is 6.97. The molecular weight excluding hydrogens is 288 g/mol. The van der Waals surface area contributed by atoms with Crippen LogP contribution in [0.15, 0.2) is 24.3 Å². The summed E-state index contributed by atoms with van der Waals surface area (Å²) < 4.78 is 9.79. The number of hydrogen-bond acceptors (Lipinski definition) is 6. The quantitative estimate of drug-likeness (QED) is 0.758. The highest BCUT2D eigenvalue weighted by Crippen LogP contribution is 2.20. The van der Waals surface area contributed by atoms with E-state index in [2.05, 4.69) is 5.32 Å². The van der Waals surface area contributed by atoms with Gasteiger partial charge in [0.15, 0.2) is 0 Å². The second-order valence-electron chi connectivity index (χ2n) is 5.14. The molecule has 1 saturated heterocycles. The van der Waals surface area contributed by atoms with Gasteiger partial charge >= 0.3 is 5.97 Å². The topological polar surface area (TPSA) is 88.1 Å². The lowest BCUT2D eigenvalue weighted by molar-refractivity contribution is -0.146. The van der Waals surface area contributed by atoms with Gasteiger partial charge in [0.1, 0.15) is 11.8 Å². The maximum absolute atomic E-state index is 12.1. The molecular formula is C15H20N2O5. The first-order chi connectivity index (χ1) is 10.5. The van der Waals surface area contributed by atoms with Crippen LogP contribution in [0.25, 0.3) is 0 Å². The van der Waals surface area contributed by atoms with Crippen molar-refractivity contribution in [1.29, 1.82) is 0 Å². The minimum Gasteiger partial charge on any atom is -0.497 e. The van der Waals surface area contributed by atoms with Crippen LogP contribution in [-0.4, -0.2) is 61.3 Å². The zero-order chi connectivity index (χ0) is 16.1. The first-order valence-corrected chi connectivity index (χ1v) is 6.97. The molecule has 0 unspecified atom stereocenters. The van der Waals surface area contributed by atoms with E-state index >= 15 is 0 Å². The van der Waals surface area contributed by atoms with Crippen molar-refractivity contribution in [3.63, 3.8) is 0 Å². The van der Waals surface area contributed by atoms with Gasteiger partial charge in [0.25, 0.3) is 0 Å². The van der Waals surface area contributed by atoms with Gasteiger partial charge in [-0.3, -0.25) is 14.5 Å². The van der Waals surface area contributed by atoms with Crippen LogP contribution in [0.2, 0.25) is 0 Å². The molecule has 7 nitrogen and oxygen atoms in total. The SMILES string of the molecule is COC(=O)[C@@H]1C[C@@H](O)CN1CC(=O)Nc1cccc(OC)c1. The summed E-state index contributed by atoms with van der Waals surface area (Å²) in [6.07, 6.45) is -0.354. The summed E-state index contributed by atoms with van der Waals surface area (Å²) in [4.78, 5) is 25.4. The number of amides is 1. The van der Waals surface area contributed by atoms with Gasteiger partial charge in [0.2, 0.25) is 5.91 Å². The zero-order valence-corrected chi connectivity index (χ0v) is 12.6. The molecule has 1 aliphatic rings. The van der Waals surface area contributed by atoms with E-state index < -0.39 is 18.1 Å². The van der Waals surface area contributed by atoms with Crippen molar-refractivity contribution < 1.29 is 24.2 Å². The number of carbonyl (C=O) groups is 2. The van der Waals surface area contributed by atoms with Crippen LogP contribution < -0.4 is 10.1 Å². The van der Waals surface area contributed by atoms with Crippen LogP contribution in [0.1, 0.15) is 6.42 Å². The molecule has 2 atom stereocenters. The Morgan fingerprint density at radius 2 is 2.18 bits per heavy atom. The van der Waals surface area contributed by atoms with Gasteiger partial charge in [-0.1, -0.05) is 6.07 Å². The maximum Gasteiger partial charge on any atom is 0.323 e. The van der Waals surface area contributed by atoms with E-state index in [0.29, 0.717) is 11.4 Å². The highest BCUT2D eigenvalue weighted by atomic mass is 16.5. The average molecular weight is 308 g/mol. The second-order valence-corrected chi connectivity index (χ2v) is 5.14. The Morgan fingerprint density at radius 1 is 1.41 bits per heavy atom. The van der Waals surface area contributed by atoms with Crippen molar-refractivity contribution in [3.8, 4) is 5.75 Å². The van der Waals surface area contributed by atoms with Gasteiger partial charge in [-0.15, -0.1) is 0 Å². The summed E-state index contributed by atoms with van der Waals surface area (Å²) in [5, 5.41) is 12.4. The molecule has 0 saturated carbocycles. The smallest absolute Gasteiger partial charge is 0.323 e. The molecule has 1 fully saturated rings. The zero-order valence-electron chi connectivity index (χ0n) is 12.6. The van der Waals surface area contributed by atoms with E-state index in [1.54, 1.807) is 36.3 Å². The van der Waals surface area contributed by atoms with Gasteiger partial charge in [0.05, 0.1) is 26.9 Å². The third-order valence-electron chi connectivity index (χ3n) is 3.55. The van der Waals surface area contributed by atoms with E-state index in [9.17, 15) is 14.7 Å². The molecule has 1 aliphatic heterocycles. The number of carbonyl (C=O) groups excluding carboxylic acids is 2. The van der Waals surface area contributed by atoms with Crippen molar-refractivity contribution in [1.82, 2.24) is 4.90 Å². The average Bonchev–Trinajstić information content (AvgIpc) is 2.87. The van der Waals surface area contributed by atoms with Gasteiger partial charge < -0.3 is 19.9 Å². The van der Waals surface area contributed by atoms with E-state index in [0.717, 1.165) is 0 Å². The van der Waals surface area contributed by atoms with Crippen molar-refractivity contribution in [2.75, 3.05) is 32.6 Å². The third-order valence-corrected chi connectivity index (χ3v) is 3.55. The number of nitrogens with one attached hydrogen (secondary N) is 1. The molecule has 1 heterocycles. The monoisotopic (exact) mass is 308 g/mol. The number of likely N-dealkylation sites (tertiary alicyclic amines) is 1. The third kappa shape index (κ3) is 3.96. The van der Waals surface area contributed by atoms with Gasteiger partial charge in [0, 0.05) is 24.7 Å². The number of aliphatic hydroxyl groups is 1. The molecule has 120 valence electrons. The number of esters is 1. The number of hydrogen-bond donors (Lipinski definition) is 2. The van der Waals surface area contributed by atoms with E-state index in [4.69, 9.17) is 9.47 Å². The summed E-state index contributed by atoms with van der Waals surface area (Å²) >= 11 is 0. The molecule has 1 aromatic rings. The molecule has 0 bridgehead atoms. The van der Waals surface area contributed by atoms with Crippen molar-refractivity contribution in [2.45, 2.75) is 18.6 Å². The molecule has 2 N–H and O–H groups in total. The number of ether oxygens (including phenoxy) is 2. The molecule has 0 aromatic heterocycles. The summed E-state index contributed by atoms with van der Waals surface area (Å²) in [6, 6.07) is 6.41. The van der Waals surface area contributed by atoms with Crippen LogP contribution >= 0.6 is 0 Å². The Labute approximate surface area is 128 Å². The molecule has 7 heteroatoms. The van der Waals surface area contributed by atoms with Crippen molar-refractivity contribution >= 4 is 17.6 Å². The highest BCUT2D eigenvalue weighted by molar-refractivity contribution is 5.93. The number of aliphatic hydroxyl groups excluding tert-OH is 1. The Kier molecular flexibility index (Phi) is 5.35. The fourth-order valence-corrected chi connectivity index (χ4v) is 2.52. The van der Waals surface area contributed by atoms with Crippen molar-refractivity contribution in [2.24, 2.45) is 0 Å². The van der Waals surface area contributed by atoms with Crippen molar-refractivity contribution in [3.05, 3.63) is 24.3 Å². The predicted octanol–water partition coefficient (Wildman–Crippen LogP) is 0.242. The molecule has 2 rings (SSSR count). The molecule has 0 aliphatic carbocycles. The fourth-order valence-electron chi connectivity index (χ4n) is 2.52. The lowest BCUT2D eigenvalue weighted by Crippen LogP contribution is -2.41. The Morgan fingerprint density at radius 3 is 2.86 bits per heavy atom.